The van der Waals surface area contributed by atoms with Crippen LogP contribution >= 0.6 is 39.1 Å². The van der Waals surface area contributed by atoms with Gasteiger partial charge in [0, 0.05) is 9.50 Å². The molecule has 2 rings (SSSR count). The summed E-state index contributed by atoms with van der Waals surface area (Å²) in [6.45, 7) is 0. The molecule has 0 saturated heterocycles. The van der Waals surface area contributed by atoms with Crippen LogP contribution in [0.25, 0.3) is 0 Å². The minimum atomic E-state index is -0.109. The molecule has 88 valence electrons. The van der Waals surface area contributed by atoms with Crippen molar-refractivity contribution in [3.05, 3.63) is 69.2 Å². The van der Waals surface area contributed by atoms with E-state index in [1.165, 1.54) is 5.56 Å². The molecule has 17 heavy (non-hydrogen) atoms. The Morgan fingerprint density at radius 2 is 1.76 bits per heavy atom. The second-order valence-electron chi connectivity index (χ2n) is 3.82. The first kappa shape index (κ1) is 12.9. The molecule has 0 fully saturated rings. The molecule has 0 heterocycles. The van der Waals surface area contributed by atoms with E-state index in [1.807, 2.05) is 36.4 Å². The summed E-state index contributed by atoms with van der Waals surface area (Å²) in [5.41, 5.74) is 2.18. The summed E-state index contributed by atoms with van der Waals surface area (Å²) >= 11 is 16.0. The van der Waals surface area contributed by atoms with Crippen molar-refractivity contribution in [1.29, 1.82) is 0 Å². The summed E-state index contributed by atoms with van der Waals surface area (Å²) in [5, 5.41) is 0.603. The van der Waals surface area contributed by atoms with E-state index in [1.54, 1.807) is 0 Å². The Balaban J connectivity index is 2.20. The largest absolute Gasteiger partial charge is 0.117 e. The van der Waals surface area contributed by atoms with Gasteiger partial charge in [-0.1, -0.05) is 57.9 Å². The molecule has 0 aliphatic carbocycles. The van der Waals surface area contributed by atoms with Crippen LogP contribution < -0.4 is 0 Å². The monoisotopic (exact) mass is 328 g/mol. The zero-order valence-corrected chi connectivity index (χ0v) is 12.1. The summed E-state index contributed by atoms with van der Waals surface area (Å²) in [4.78, 5) is 0. The average molecular weight is 330 g/mol. The van der Waals surface area contributed by atoms with E-state index in [2.05, 4.69) is 28.1 Å². The first-order chi connectivity index (χ1) is 8.16. The second-order valence-corrected chi connectivity index (χ2v) is 5.67. The quantitative estimate of drug-likeness (QED) is 0.640. The number of rotatable bonds is 3. The zero-order valence-electron chi connectivity index (χ0n) is 9.04. The SMILES string of the molecule is Clc1ccc(Br)cc1C(Cl)Cc1ccccc1. The molecule has 0 N–H and O–H groups in total. The van der Waals surface area contributed by atoms with E-state index in [-0.39, 0.29) is 5.38 Å². The molecule has 0 aliphatic rings. The highest BCUT2D eigenvalue weighted by Crippen LogP contribution is 2.32. The van der Waals surface area contributed by atoms with E-state index >= 15 is 0 Å². The smallest absolute Gasteiger partial charge is 0.0640 e. The normalized spacial score (nSPS) is 12.4. The summed E-state index contributed by atoms with van der Waals surface area (Å²) in [7, 11) is 0. The maximum absolute atomic E-state index is 6.41. The van der Waals surface area contributed by atoms with Crippen LogP contribution in [-0.2, 0) is 6.42 Å². The van der Waals surface area contributed by atoms with Crippen LogP contribution in [0.4, 0.5) is 0 Å². The van der Waals surface area contributed by atoms with Crippen molar-refractivity contribution in [3.63, 3.8) is 0 Å². The lowest BCUT2D eigenvalue weighted by atomic mass is 10.0. The lowest BCUT2D eigenvalue weighted by molar-refractivity contribution is 0.919. The van der Waals surface area contributed by atoms with Gasteiger partial charge in [-0.2, -0.15) is 0 Å². The van der Waals surface area contributed by atoms with Gasteiger partial charge in [0.2, 0.25) is 0 Å². The Hall–Kier alpha value is -0.500. The fourth-order valence-electron chi connectivity index (χ4n) is 1.69. The van der Waals surface area contributed by atoms with Crippen molar-refractivity contribution in [2.45, 2.75) is 11.8 Å². The Morgan fingerprint density at radius 3 is 2.47 bits per heavy atom. The molecule has 0 amide bonds. The van der Waals surface area contributed by atoms with E-state index in [9.17, 15) is 0 Å². The topological polar surface area (TPSA) is 0 Å². The van der Waals surface area contributed by atoms with Crippen molar-refractivity contribution >= 4 is 39.1 Å². The summed E-state index contributed by atoms with van der Waals surface area (Å²) < 4.78 is 0.996. The predicted octanol–water partition coefficient (Wildman–Crippen LogP) is 5.63. The zero-order chi connectivity index (χ0) is 12.3. The molecule has 0 saturated carbocycles. The average Bonchev–Trinajstić information content (AvgIpc) is 2.33. The van der Waals surface area contributed by atoms with Gasteiger partial charge < -0.3 is 0 Å². The molecule has 0 bridgehead atoms. The van der Waals surface area contributed by atoms with Gasteiger partial charge in [-0.05, 0) is 35.7 Å². The fourth-order valence-corrected chi connectivity index (χ4v) is 2.73. The summed E-state index contributed by atoms with van der Waals surface area (Å²) in [6, 6.07) is 15.9. The van der Waals surface area contributed by atoms with Gasteiger partial charge in [0.25, 0.3) is 0 Å². The van der Waals surface area contributed by atoms with Crippen LogP contribution in [0.2, 0.25) is 5.02 Å². The molecule has 1 atom stereocenters. The third-order valence-electron chi connectivity index (χ3n) is 2.55. The minimum absolute atomic E-state index is 0.109. The molecule has 0 spiro atoms. The van der Waals surface area contributed by atoms with Crippen LogP contribution in [0.15, 0.2) is 53.0 Å². The second kappa shape index (κ2) is 5.90. The van der Waals surface area contributed by atoms with Crippen molar-refractivity contribution in [2.75, 3.05) is 0 Å². The summed E-state index contributed by atoms with van der Waals surface area (Å²) in [5.74, 6) is 0. The first-order valence-electron chi connectivity index (χ1n) is 5.30. The van der Waals surface area contributed by atoms with Crippen molar-refractivity contribution in [2.24, 2.45) is 0 Å². The van der Waals surface area contributed by atoms with Gasteiger partial charge in [-0.15, -0.1) is 11.6 Å². The molecule has 0 nitrogen and oxygen atoms in total. The molecule has 2 aromatic carbocycles. The lowest BCUT2D eigenvalue weighted by Crippen LogP contribution is -1.96. The molecule has 3 heteroatoms. The maximum atomic E-state index is 6.41. The lowest BCUT2D eigenvalue weighted by Gasteiger charge is -2.12. The standard InChI is InChI=1S/C14H11BrCl2/c15-11-6-7-13(16)12(9-11)14(17)8-10-4-2-1-3-5-10/h1-7,9,14H,8H2. The van der Waals surface area contributed by atoms with Crippen LogP contribution in [-0.4, -0.2) is 0 Å². The van der Waals surface area contributed by atoms with Crippen LogP contribution in [0.5, 0.6) is 0 Å². The molecular weight excluding hydrogens is 319 g/mol. The minimum Gasteiger partial charge on any atom is -0.117 e. The molecular formula is C14H11BrCl2. The third-order valence-corrected chi connectivity index (χ3v) is 3.78. The molecule has 0 radical (unpaired) electrons. The molecule has 1 unspecified atom stereocenters. The predicted molar refractivity (Wildman–Crippen MR) is 77.9 cm³/mol. The molecule has 2 aromatic rings. The number of hydrogen-bond donors (Lipinski definition) is 0. The van der Waals surface area contributed by atoms with Gasteiger partial charge in [-0.25, -0.2) is 0 Å². The summed E-state index contributed by atoms with van der Waals surface area (Å²) in [6.07, 6.45) is 0.776. The highest BCUT2D eigenvalue weighted by atomic mass is 79.9. The van der Waals surface area contributed by atoms with Crippen LogP contribution in [0.1, 0.15) is 16.5 Å². The highest BCUT2D eigenvalue weighted by molar-refractivity contribution is 9.10. The number of benzene rings is 2. The van der Waals surface area contributed by atoms with Gasteiger partial charge in [0.1, 0.15) is 0 Å². The maximum Gasteiger partial charge on any atom is 0.0640 e. The van der Waals surface area contributed by atoms with E-state index in [4.69, 9.17) is 23.2 Å². The fraction of sp³-hybridized carbons (Fsp3) is 0.143. The number of hydrogen-bond acceptors (Lipinski definition) is 0. The molecule has 0 aromatic heterocycles. The van der Waals surface area contributed by atoms with Gasteiger partial charge in [-0.3, -0.25) is 0 Å². The van der Waals surface area contributed by atoms with Crippen LogP contribution in [0.3, 0.4) is 0 Å². The van der Waals surface area contributed by atoms with Crippen LogP contribution in [0, 0.1) is 0 Å². The number of alkyl halides is 1. The Kier molecular flexibility index (Phi) is 4.49. The van der Waals surface area contributed by atoms with E-state index in [0.29, 0.717) is 5.02 Å². The van der Waals surface area contributed by atoms with E-state index in [0.717, 1.165) is 16.5 Å². The van der Waals surface area contributed by atoms with E-state index < -0.39 is 0 Å². The number of halogens is 3. The first-order valence-corrected chi connectivity index (χ1v) is 6.90. The Labute approximate surface area is 120 Å². The Bertz CT molecular complexity index is 497. The Morgan fingerprint density at radius 1 is 1.06 bits per heavy atom. The third kappa shape index (κ3) is 3.48. The highest BCUT2D eigenvalue weighted by Gasteiger charge is 2.12. The van der Waals surface area contributed by atoms with Gasteiger partial charge in [0.15, 0.2) is 0 Å². The molecule has 0 aliphatic heterocycles. The van der Waals surface area contributed by atoms with Crippen molar-refractivity contribution in [1.82, 2.24) is 0 Å². The van der Waals surface area contributed by atoms with Crippen molar-refractivity contribution in [3.8, 4) is 0 Å². The van der Waals surface area contributed by atoms with Gasteiger partial charge in [0.05, 0.1) is 5.38 Å². The van der Waals surface area contributed by atoms with Crippen molar-refractivity contribution < 1.29 is 0 Å². The van der Waals surface area contributed by atoms with Gasteiger partial charge >= 0.3 is 0 Å².